The Morgan fingerprint density at radius 3 is 2.59 bits per heavy atom. The topological polar surface area (TPSA) is 63.2 Å². The van der Waals surface area contributed by atoms with E-state index in [-0.39, 0.29) is 11.7 Å². The highest BCUT2D eigenvalue weighted by molar-refractivity contribution is 5.94. The molecule has 1 aromatic heterocycles. The fourth-order valence-electron chi connectivity index (χ4n) is 2.91. The van der Waals surface area contributed by atoms with Gasteiger partial charge in [-0.05, 0) is 54.3 Å². The van der Waals surface area contributed by atoms with E-state index in [0.29, 0.717) is 25.1 Å². The van der Waals surface area contributed by atoms with Gasteiger partial charge in [-0.1, -0.05) is 24.3 Å². The Hall–Kier alpha value is -3.41. The van der Waals surface area contributed by atoms with Crippen molar-refractivity contribution in [3.63, 3.8) is 0 Å². The molecule has 1 amide bonds. The third-order valence-corrected chi connectivity index (χ3v) is 4.49. The average molecular weight is 393 g/mol. The number of ether oxygens (including phenoxy) is 1. The number of hydrogen-bond donors (Lipinski definition) is 2. The Kier molecular flexibility index (Phi) is 7.16. The van der Waals surface area contributed by atoms with Gasteiger partial charge < -0.3 is 15.4 Å². The van der Waals surface area contributed by atoms with Gasteiger partial charge in [-0.3, -0.25) is 9.78 Å². The predicted octanol–water partition coefficient (Wildman–Crippen LogP) is 3.86. The number of hydrogen-bond acceptors (Lipinski definition) is 4. The van der Waals surface area contributed by atoms with E-state index >= 15 is 0 Å². The molecule has 0 bridgehead atoms. The van der Waals surface area contributed by atoms with Crippen LogP contribution >= 0.6 is 0 Å². The van der Waals surface area contributed by atoms with Crippen molar-refractivity contribution in [3.05, 3.63) is 89.5 Å². The quantitative estimate of drug-likeness (QED) is 0.580. The number of nitrogens with zero attached hydrogens (tertiary/aromatic N) is 1. The lowest BCUT2D eigenvalue weighted by Crippen LogP contribution is -2.26. The second kappa shape index (κ2) is 10.2. The van der Waals surface area contributed by atoms with E-state index in [2.05, 4.69) is 15.6 Å². The van der Waals surface area contributed by atoms with Gasteiger partial charge in [0.05, 0.1) is 18.4 Å². The molecule has 0 aliphatic rings. The summed E-state index contributed by atoms with van der Waals surface area (Å²) in [7, 11) is 1.63. The van der Waals surface area contributed by atoms with Gasteiger partial charge in [0.25, 0.3) is 5.91 Å². The maximum absolute atomic E-state index is 12.9. The van der Waals surface area contributed by atoms with Crippen molar-refractivity contribution in [2.24, 2.45) is 0 Å². The zero-order valence-electron chi connectivity index (χ0n) is 16.3. The Morgan fingerprint density at radius 2 is 1.79 bits per heavy atom. The first-order chi connectivity index (χ1) is 14.1. The first-order valence-corrected chi connectivity index (χ1v) is 9.48. The number of benzene rings is 2. The van der Waals surface area contributed by atoms with Crippen molar-refractivity contribution in [3.8, 4) is 5.75 Å². The number of pyridine rings is 1. The monoisotopic (exact) mass is 393 g/mol. The number of carbonyl (C=O) groups excluding carboxylic acids is 1. The second-order valence-electron chi connectivity index (χ2n) is 6.62. The molecule has 0 spiro atoms. The summed E-state index contributed by atoms with van der Waals surface area (Å²) in [6.07, 6.45) is 4.69. The van der Waals surface area contributed by atoms with Gasteiger partial charge in [-0.2, -0.15) is 0 Å². The molecule has 3 rings (SSSR count). The van der Waals surface area contributed by atoms with E-state index in [4.69, 9.17) is 4.74 Å². The van der Waals surface area contributed by atoms with Crippen LogP contribution in [0.4, 0.5) is 10.1 Å². The highest BCUT2D eigenvalue weighted by atomic mass is 19.1. The highest BCUT2D eigenvalue weighted by Gasteiger charge is 2.07. The number of aromatic nitrogens is 1. The second-order valence-corrected chi connectivity index (χ2v) is 6.62. The zero-order valence-corrected chi connectivity index (χ0v) is 16.3. The molecular weight excluding hydrogens is 369 g/mol. The molecule has 0 atom stereocenters. The summed E-state index contributed by atoms with van der Waals surface area (Å²) >= 11 is 0. The molecule has 2 N–H and O–H groups in total. The first kappa shape index (κ1) is 20.3. The normalized spacial score (nSPS) is 10.4. The van der Waals surface area contributed by atoms with Gasteiger partial charge in [-0.25, -0.2) is 4.39 Å². The van der Waals surface area contributed by atoms with E-state index in [1.165, 1.54) is 12.1 Å². The minimum Gasteiger partial charge on any atom is -0.497 e. The molecule has 29 heavy (non-hydrogen) atoms. The number of halogens is 1. The smallest absolute Gasteiger partial charge is 0.252 e. The van der Waals surface area contributed by atoms with E-state index in [9.17, 15) is 9.18 Å². The third kappa shape index (κ3) is 6.31. The van der Waals surface area contributed by atoms with E-state index in [0.717, 1.165) is 29.0 Å². The van der Waals surface area contributed by atoms with Crippen LogP contribution < -0.4 is 15.4 Å². The lowest BCUT2D eigenvalue weighted by molar-refractivity contribution is 0.0954. The van der Waals surface area contributed by atoms with Crippen LogP contribution in [0.15, 0.2) is 67.0 Å². The van der Waals surface area contributed by atoms with Crippen molar-refractivity contribution in [1.82, 2.24) is 10.3 Å². The molecule has 0 radical (unpaired) electrons. The molecule has 2 aromatic carbocycles. The Labute approximate surface area is 169 Å². The van der Waals surface area contributed by atoms with Crippen LogP contribution in [0, 0.1) is 5.82 Å². The molecule has 0 fully saturated rings. The molecule has 0 saturated carbocycles. The van der Waals surface area contributed by atoms with Crippen molar-refractivity contribution in [2.75, 3.05) is 25.5 Å². The summed E-state index contributed by atoms with van der Waals surface area (Å²) in [5.74, 6) is 0.399. The molecule has 3 aromatic rings. The molecule has 0 saturated heterocycles. The van der Waals surface area contributed by atoms with Gasteiger partial charge in [-0.15, -0.1) is 0 Å². The molecular formula is C23H24FN3O2. The maximum atomic E-state index is 12.9. The summed E-state index contributed by atoms with van der Waals surface area (Å²) < 4.78 is 18.2. The number of methoxy groups -OCH3 is 1. The van der Waals surface area contributed by atoms with Crippen LogP contribution in [0.25, 0.3) is 0 Å². The average Bonchev–Trinajstić information content (AvgIpc) is 2.75. The minimum atomic E-state index is -0.240. The Balaban J connectivity index is 1.47. The molecule has 6 heteroatoms. The van der Waals surface area contributed by atoms with Crippen molar-refractivity contribution < 1.29 is 13.9 Å². The van der Waals surface area contributed by atoms with Gasteiger partial charge >= 0.3 is 0 Å². The minimum absolute atomic E-state index is 0.164. The van der Waals surface area contributed by atoms with Crippen LogP contribution in [0.3, 0.4) is 0 Å². The van der Waals surface area contributed by atoms with Gasteiger partial charge in [0.1, 0.15) is 11.6 Å². The van der Waals surface area contributed by atoms with E-state index in [1.54, 1.807) is 37.7 Å². The number of amides is 1. The Morgan fingerprint density at radius 1 is 1.00 bits per heavy atom. The lowest BCUT2D eigenvalue weighted by Gasteiger charge is -2.09. The summed E-state index contributed by atoms with van der Waals surface area (Å²) in [5.41, 5.74) is 3.41. The Bertz CT molecular complexity index is 945. The molecule has 0 unspecified atom stereocenters. The standard InChI is InChI=1S/C23H24FN3O2/c1-29-22-4-2-3-18(13-22)10-12-27-23(28)19-14-21(16-25-15-19)26-11-9-17-5-7-20(24)8-6-17/h2-8,13-16,26H,9-12H2,1H3,(H,27,28). The molecule has 0 aliphatic carbocycles. The van der Waals surface area contributed by atoms with Crippen LogP contribution in [-0.2, 0) is 12.8 Å². The molecule has 1 heterocycles. The number of nitrogens with one attached hydrogen (secondary N) is 2. The van der Waals surface area contributed by atoms with Crippen LogP contribution in [0.2, 0.25) is 0 Å². The highest BCUT2D eigenvalue weighted by Crippen LogP contribution is 2.13. The third-order valence-electron chi connectivity index (χ3n) is 4.49. The van der Waals surface area contributed by atoms with Gasteiger partial charge in [0, 0.05) is 25.5 Å². The SMILES string of the molecule is COc1cccc(CCNC(=O)c2cncc(NCCc3ccc(F)cc3)c2)c1. The van der Waals surface area contributed by atoms with Crippen LogP contribution in [0.5, 0.6) is 5.75 Å². The zero-order chi connectivity index (χ0) is 20.5. The fourth-order valence-corrected chi connectivity index (χ4v) is 2.91. The summed E-state index contributed by atoms with van der Waals surface area (Å²) in [5, 5.41) is 6.16. The number of anilines is 1. The number of rotatable bonds is 9. The summed E-state index contributed by atoms with van der Waals surface area (Å²) in [4.78, 5) is 16.5. The predicted molar refractivity (Wildman–Crippen MR) is 112 cm³/mol. The van der Waals surface area contributed by atoms with Crippen molar-refractivity contribution in [2.45, 2.75) is 12.8 Å². The molecule has 5 nitrogen and oxygen atoms in total. The maximum Gasteiger partial charge on any atom is 0.252 e. The van der Waals surface area contributed by atoms with Crippen LogP contribution in [0.1, 0.15) is 21.5 Å². The number of carbonyl (C=O) groups is 1. The molecule has 0 aliphatic heterocycles. The van der Waals surface area contributed by atoms with Crippen LogP contribution in [-0.4, -0.2) is 31.1 Å². The van der Waals surface area contributed by atoms with Gasteiger partial charge in [0.15, 0.2) is 0 Å². The largest absolute Gasteiger partial charge is 0.497 e. The van der Waals surface area contributed by atoms with E-state index in [1.807, 2.05) is 24.3 Å². The summed E-state index contributed by atoms with van der Waals surface area (Å²) in [6.45, 7) is 1.18. The van der Waals surface area contributed by atoms with E-state index < -0.39 is 0 Å². The van der Waals surface area contributed by atoms with Gasteiger partial charge in [0.2, 0.25) is 0 Å². The summed E-state index contributed by atoms with van der Waals surface area (Å²) in [6, 6.07) is 16.0. The van der Waals surface area contributed by atoms with Crippen molar-refractivity contribution in [1.29, 1.82) is 0 Å². The fraction of sp³-hybridized carbons (Fsp3) is 0.217. The lowest BCUT2D eigenvalue weighted by atomic mass is 10.1. The first-order valence-electron chi connectivity index (χ1n) is 9.48. The molecule has 150 valence electrons. The van der Waals surface area contributed by atoms with Crippen molar-refractivity contribution >= 4 is 11.6 Å².